The van der Waals surface area contributed by atoms with Gasteiger partial charge in [-0.2, -0.15) is 0 Å². The predicted octanol–water partition coefficient (Wildman–Crippen LogP) is 5.13. The number of rotatable bonds is 7. The number of hydrogen-bond donors (Lipinski definition) is 3. The number of benzene rings is 2. The molecule has 0 unspecified atom stereocenters. The standard InChI is InChI=1S/C25H29N3O3S/c1-2-31-22-14-11-18(12-15-22)13-16-23(29)28-25(32)27-21-10-6-9-20(17-21)26-24(30)19-7-4-3-5-8-19/h6,9-17,19H,2-5,7-8H2,1H3,(H,26,30)(H2,27,28,29,32)/b16-13+. The first kappa shape index (κ1) is 23.5. The summed E-state index contributed by atoms with van der Waals surface area (Å²) in [6, 6.07) is 14.7. The van der Waals surface area contributed by atoms with Gasteiger partial charge in [0, 0.05) is 23.4 Å². The van der Waals surface area contributed by atoms with Crippen molar-refractivity contribution in [3.05, 3.63) is 60.2 Å². The molecule has 0 aromatic heterocycles. The zero-order chi connectivity index (χ0) is 22.8. The number of carbonyl (C=O) groups excluding carboxylic acids is 2. The highest BCUT2D eigenvalue weighted by Crippen LogP contribution is 2.25. The number of carbonyl (C=O) groups is 2. The Hall–Kier alpha value is -3.19. The van der Waals surface area contributed by atoms with Crippen LogP contribution >= 0.6 is 12.2 Å². The fourth-order valence-corrected chi connectivity index (χ4v) is 3.83. The van der Waals surface area contributed by atoms with E-state index >= 15 is 0 Å². The quantitative estimate of drug-likeness (QED) is 0.402. The van der Waals surface area contributed by atoms with Crippen LogP contribution in [0.3, 0.4) is 0 Å². The molecule has 7 heteroatoms. The van der Waals surface area contributed by atoms with Gasteiger partial charge in [-0.3, -0.25) is 14.9 Å². The zero-order valence-corrected chi connectivity index (χ0v) is 19.0. The van der Waals surface area contributed by atoms with E-state index in [4.69, 9.17) is 17.0 Å². The van der Waals surface area contributed by atoms with Crippen LogP contribution in [0, 0.1) is 5.92 Å². The van der Waals surface area contributed by atoms with E-state index in [-0.39, 0.29) is 22.8 Å². The van der Waals surface area contributed by atoms with E-state index in [0.717, 1.165) is 37.0 Å². The molecule has 0 heterocycles. The van der Waals surface area contributed by atoms with Crippen LogP contribution in [-0.4, -0.2) is 23.5 Å². The maximum atomic E-state index is 12.5. The Balaban J connectivity index is 1.49. The zero-order valence-electron chi connectivity index (χ0n) is 18.2. The second kappa shape index (κ2) is 12.0. The number of amides is 2. The SMILES string of the molecule is CCOc1ccc(/C=C/C(=O)NC(=S)Nc2cccc(NC(=O)C3CCCCC3)c2)cc1. The molecule has 0 spiro atoms. The summed E-state index contributed by atoms with van der Waals surface area (Å²) in [5.41, 5.74) is 2.27. The van der Waals surface area contributed by atoms with Crippen molar-refractivity contribution in [2.45, 2.75) is 39.0 Å². The Morgan fingerprint density at radius 1 is 1.03 bits per heavy atom. The molecule has 0 radical (unpaired) electrons. The van der Waals surface area contributed by atoms with Gasteiger partial charge in [0.15, 0.2) is 5.11 Å². The molecule has 3 N–H and O–H groups in total. The summed E-state index contributed by atoms with van der Waals surface area (Å²) in [7, 11) is 0. The summed E-state index contributed by atoms with van der Waals surface area (Å²) in [5.74, 6) is 0.606. The van der Waals surface area contributed by atoms with Crippen molar-refractivity contribution in [1.82, 2.24) is 5.32 Å². The fourth-order valence-electron chi connectivity index (χ4n) is 3.61. The Kier molecular flexibility index (Phi) is 8.80. The van der Waals surface area contributed by atoms with E-state index in [9.17, 15) is 9.59 Å². The van der Waals surface area contributed by atoms with Gasteiger partial charge in [-0.25, -0.2) is 0 Å². The topological polar surface area (TPSA) is 79.5 Å². The minimum Gasteiger partial charge on any atom is -0.494 e. The van der Waals surface area contributed by atoms with Crippen LogP contribution in [0.1, 0.15) is 44.6 Å². The molecule has 3 rings (SSSR count). The third-order valence-electron chi connectivity index (χ3n) is 5.22. The molecule has 2 amide bonds. The van der Waals surface area contributed by atoms with E-state index in [0.29, 0.717) is 18.0 Å². The summed E-state index contributed by atoms with van der Waals surface area (Å²) in [6.45, 7) is 2.54. The number of nitrogens with one attached hydrogen (secondary N) is 3. The van der Waals surface area contributed by atoms with Crippen LogP contribution in [0.4, 0.5) is 11.4 Å². The average Bonchev–Trinajstić information content (AvgIpc) is 2.79. The number of hydrogen-bond acceptors (Lipinski definition) is 4. The minimum atomic E-state index is -0.335. The van der Waals surface area contributed by atoms with E-state index in [1.54, 1.807) is 12.1 Å². The summed E-state index contributed by atoms with van der Waals surface area (Å²) < 4.78 is 5.40. The van der Waals surface area contributed by atoms with E-state index in [2.05, 4.69) is 16.0 Å². The van der Waals surface area contributed by atoms with Crippen LogP contribution in [0.15, 0.2) is 54.6 Å². The van der Waals surface area contributed by atoms with E-state index in [1.165, 1.54) is 12.5 Å². The van der Waals surface area contributed by atoms with Gasteiger partial charge >= 0.3 is 0 Å². The monoisotopic (exact) mass is 451 g/mol. The van der Waals surface area contributed by atoms with Crippen molar-refractivity contribution in [3.8, 4) is 5.75 Å². The summed E-state index contributed by atoms with van der Waals surface area (Å²) in [5, 5.41) is 8.78. The molecular formula is C25H29N3O3S. The van der Waals surface area contributed by atoms with Gasteiger partial charge in [-0.05, 0) is 74.0 Å². The van der Waals surface area contributed by atoms with Crippen molar-refractivity contribution in [1.29, 1.82) is 0 Å². The van der Waals surface area contributed by atoms with Crippen molar-refractivity contribution >= 4 is 46.6 Å². The molecule has 32 heavy (non-hydrogen) atoms. The summed E-state index contributed by atoms with van der Waals surface area (Å²) >= 11 is 5.24. The van der Waals surface area contributed by atoms with Crippen molar-refractivity contribution in [3.63, 3.8) is 0 Å². The Morgan fingerprint density at radius 2 is 1.72 bits per heavy atom. The molecule has 2 aromatic rings. The lowest BCUT2D eigenvalue weighted by atomic mass is 9.88. The normalized spacial score (nSPS) is 14.0. The molecule has 1 aliphatic rings. The van der Waals surface area contributed by atoms with Crippen LogP contribution in [0.5, 0.6) is 5.75 Å². The molecule has 1 saturated carbocycles. The molecule has 0 aliphatic heterocycles. The van der Waals surface area contributed by atoms with Crippen molar-refractivity contribution in [2.24, 2.45) is 5.92 Å². The fraction of sp³-hybridized carbons (Fsp3) is 0.320. The Bertz CT molecular complexity index is 967. The van der Waals surface area contributed by atoms with Gasteiger partial charge < -0.3 is 15.4 Å². The van der Waals surface area contributed by atoms with Gasteiger partial charge in [0.2, 0.25) is 11.8 Å². The molecule has 1 fully saturated rings. The first-order valence-electron chi connectivity index (χ1n) is 11.0. The maximum absolute atomic E-state index is 12.5. The maximum Gasteiger partial charge on any atom is 0.250 e. The highest BCUT2D eigenvalue weighted by molar-refractivity contribution is 7.80. The van der Waals surface area contributed by atoms with Gasteiger partial charge in [-0.1, -0.05) is 37.5 Å². The van der Waals surface area contributed by atoms with Crippen LogP contribution in [0.25, 0.3) is 6.08 Å². The van der Waals surface area contributed by atoms with Crippen LogP contribution in [0.2, 0.25) is 0 Å². The molecule has 6 nitrogen and oxygen atoms in total. The lowest BCUT2D eigenvalue weighted by molar-refractivity contribution is -0.120. The van der Waals surface area contributed by atoms with Gasteiger partial charge in [0.25, 0.3) is 0 Å². The molecule has 0 bridgehead atoms. The Labute approximate surface area is 194 Å². The lowest BCUT2D eigenvalue weighted by Crippen LogP contribution is -2.32. The second-order valence-electron chi connectivity index (χ2n) is 7.68. The van der Waals surface area contributed by atoms with E-state index < -0.39 is 0 Å². The van der Waals surface area contributed by atoms with Crippen LogP contribution < -0.4 is 20.7 Å². The van der Waals surface area contributed by atoms with E-state index in [1.807, 2.05) is 49.4 Å². The smallest absolute Gasteiger partial charge is 0.250 e. The number of anilines is 2. The summed E-state index contributed by atoms with van der Waals surface area (Å²) in [6.07, 6.45) is 8.46. The third-order valence-corrected chi connectivity index (χ3v) is 5.42. The van der Waals surface area contributed by atoms with Gasteiger partial charge in [-0.15, -0.1) is 0 Å². The highest BCUT2D eigenvalue weighted by Gasteiger charge is 2.21. The highest BCUT2D eigenvalue weighted by atomic mass is 32.1. The Morgan fingerprint density at radius 3 is 2.41 bits per heavy atom. The largest absolute Gasteiger partial charge is 0.494 e. The molecule has 1 aliphatic carbocycles. The van der Waals surface area contributed by atoms with Crippen LogP contribution in [-0.2, 0) is 9.59 Å². The third kappa shape index (κ3) is 7.50. The molecule has 168 valence electrons. The predicted molar refractivity (Wildman–Crippen MR) is 133 cm³/mol. The van der Waals surface area contributed by atoms with Crippen molar-refractivity contribution in [2.75, 3.05) is 17.2 Å². The average molecular weight is 452 g/mol. The molecule has 0 saturated heterocycles. The first-order chi connectivity index (χ1) is 15.5. The first-order valence-corrected chi connectivity index (χ1v) is 11.4. The molecular weight excluding hydrogens is 422 g/mol. The molecule has 0 atom stereocenters. The van der Waals surface area contributed by atoms with Gasteiger partial charge in [0.05, 0.1) is 6.61 Å². The second-order valence-corrected chi connectivity index (χ2v) is 8.09. The lowest BCUT2D eigenvalue weighted by Gasteiger charge is -2.21. The number of ether oxygens (including phenoxy) is 1. The minimum absolute atomic E-state index is 0.0668. The number of thiocarbonyl (C=S) groups is 1. The molecule has 2 aromatic carbocycles. The van der Waals surface area contributed by atoms with Crippen molar-refractivity contribution < 1.29 is 14.3 Å². The van der Waals surface area contributed by atoms with Gasteiger partial charge in [0.1, 0.15) is 5.75 Å². The summed E-state index contributed by atoms with van der Waals surface area (Å²) in [4.78, 5) is 24.6.